The summed E-state index contributed by atoms with van der Waals surface area (Å²) in [7, 11) is 0. The maximum atomic E-state index is 9.92. The summed E-state index contributed by atoms with van der Waals surface area (Å²) in [5, 5.41) is 0. The van der Waals surface area contributed by atoms with Crippen molar-refractivity contribution in [1.29, 1.82) is 0 Å². The third kappa shape index (κ3) is 1.92. The molecule has 3 heteroatoms. The summed E-state index contributed by atoms with van der Waals surface area (Å²) in [6.45, 7) is 1.45. The monoisotopic (exact) mass is 101 g/mol. The van der Waals surface area contributed by atoms with E-state index in [1.807, 2.05) is 0 Å². The van der Waals surface area contributed by atoms with Crippen molar-refractivity contribution in [3.63, 3.8) is 0 Å². The zero-order valence-corrected chi connectivity index (χ0v) is 4.05. The average molecular weight is 101 g/mol. The highest BCUT2D eigenvalue weighted by Gasteiger charge is 2.03. The predicted octanol–water partition coefficient (Wildman–Crippen LogP) is -0.693. The van der Waals surface area contributed by atoms with E-state index in [-0.39, 0.29) is 0 Å². The van der Waals surface area contributed by atoms with Crippen molar-refractivity contribution in [3.05, 3.63) is 0 Å². The van der Waals surface area contributed by atoms with Crippen molar-refractivity contribution >= 4 is 12.2 Å². The number of hydrogen-bond acceptors (Lipinski definition) is 2. The highest BCUT2D eigenvalue weighted by atomic mass is 16.2. The van der Waals surface area contributed by atoms with Gasteiger partial charge in [-0.05, 0) is 6.92 Å². The first-order chi connectivity index (χ1) is 3.18. The molecule has 0 heterocycles. The molecule has 0 spiro atoms. The van der Waals surface area contributed by atoms with E-state index in [4.69, 9.17) is 0 Å². The van der Waals surface area contributed by atoms with Crippen LogP contribution in [-0.4, -0.2) is 12.2 Å². The molecule has 0 radical (unpaired) electrons. The van der Waals surface area contributed by atoms with Gasteiger partial charge < -0.3 is 10.5 Å². The first kappa shape index (κ1) is 6.14. The number of rotatable bonds is 2. The molecule has 1 unspecified atom stereocenters. The maximum Gasteiger partial charge on any atom is 0.227 e. The summed E-state index contributed by atoms with van der Waals surface area (Å²) in [5.41, 5.74) is 4.68. The Balaban J connectivity index is 3.55. The van der Waals surface area contributed by atoms with Gasteiger partial charge >= 0.3 is 0 Å². The van der Waals surface area contributed by atoms with E-state index in [0.717, 1.165) is 0 Å². The van der Waals surface area contributed by atoms with Crippen molar-refractivity contribution in [2.45, 2.75) is 6.92 Å². The molecular weight excluding hydrogens is 94.0 g/mol. The largest absolute Gasteiger partial charge is 0.369 e. The van der Waals surface area contributed by atoms with Crippen LogP contribution in [0, 0.1) is 5.92 Å². The molecule has 0 bridgehead atoms. The summed E-state index contributed by atoms with van der Waals surface area (Å²) in [5.74, 6) is -1.21. The molecule has 0 aliphatic carbocycles. The van der Waals surface area contributed by atoms with Crippen LogP contribution in [0.25, 0.3) is 0 Å². The van der Waals surface area contributed by atoms with E-state index in [9.17, 15) is 9.59 Å². The predicted molar refractivity (Wildman–Crippen MR) is 24.4 cm³/mol. The Hall–Kier alpha value is -0.860. The van der Waals surface area contributed by atoms with Crippen LogP contribution in [0.1, 0.15) is 6.92 Å². The molecule has 0 saturated heterocycles. The highest BCUT2D eigenvalue weighted by Crippen LogP contribution is 1.82. The van der Waals surface area contributed by atoms with Crippen LogP contribution < -0.4 is 5.73 Å². The molecular formula is C4H7NO2. The van der Waals surface area contributed by atoms with Gasteiger partial charge in [-0.2, -0.15) is 0 Å². The normalized spacial score (nSPS) is 12.7. The van der Waals surface area contributed by atoms with Gasteiger partial charge in [0.25, 0.3) is 0 Å². The Bertz CT molecular complexity index is 89.7. The van der Waals surface area contributed by atoms with Gasteiger partial charge in [0.05, 0.1) is 5.92 Å². The minimum absolute atomic E-state index is 0.516. The highest BCUT2D eigenvalue weighted by molar-refractivity contribution is 5.89. The third-order valence-corrected chi connectivity index (χ3v) is 0.653. The fourth-order valence-electron chi connectivity index (χ4n) is 0.0671. The second-order valence-electron chi connectivity index (χ2n) is 1.33. The SMILES string of the molecule is CC(C=O)C(N)=O. The number of hydrogen-bond donors (Lipinski definition) is 1. The number of carbonyl (C=O) groups is 2. The van der Waals surface area contributed by atoms with Crippen LogP contribution in [0.15, 0.2) is 0 Å². The minimum atomic E-state index is -0.639. The van der Waals surface area contributed by atoms with Gasteiger partial charge in [0.1, 0.15) is 6.29 Å². The topological polar surface area (TPSA) is 60.2 Å². The molecule has 7 heavy (non-hydrogen) atoms. The first-order valence-corrected chi connectivity index (χ1v) is 1.93. The number of nitrogens with two attached hydrogens (primary N) is 1. The zero-order valence-electron chi connectivity index (χ0n) is 4.05. The molecule has 1 atom stereocenters. The molecule has 40 valence electrons. The van der Waals surface area contributed by atoms with Gasteiger partial charge in [-0.25, -0.2) is 0 Å². The average Bonchev–Trinajstić information content (AvgIpc) is 1.65. The first-order valence-electron chi connectivity index (χ1n) is 1.93. The van der Waals surface area contributed by atoms with E-state index in [1.165, 1.54) is 6.92 Å². The van der Waals surface area contributed by atoms with Crippen molar-refractivity contribution in [1.82, 2.24) is 0 Å². The number of amides is 1. The van der Waals surface area contributed by atoms with Crippen LogP contribution in [0.5, 0.6) is 0 Å². The Morgan fingerprint density at radius 1 is 1.86 bits per heavy atom. The summed E-state index contributed by atoms with van der Waals surface area (Å²) >= 11 is 0. The van der Waals surface area contributed by atoms with Crippen LogP contribution in [0.4, 0.5) is 0 Å². The van der Waals surface area contributed by atoms with Crippen molar-refractivity contribution in [2.75, 3.05) is 0 Å². The Labute approximate surface area is 41.5 Å². The molecule has 2 N–H and O–H groups in total. The summed E-state index contributed by atoms with van der Waals surface area (Å²) in [6.07, 6.45) is 0.516. The molecule has 1 amide bonds. The quantitative estimate of drug-likeness (QED) is 0.369. The lowest BCUT2D eigenvalue weighted by Gasteiger charge is -1.90. The van der Waals surface area contributed by atoms with E-state index in [2.05, 4.69) is 5.73 Å². The molecule has 3 nitrogen and oxygen atoms in total. The standard InChI is InChI=1S/C4H7NO2/c1-3(2-6)4(5)7/h2-3H,1H3,(H2,5,7). The number of aldehydes is 1. The minimum Gasteiger partial charge on any atom is -0.369 e. The van der Waals surface area contributed by atoms with E-state index < -0.39 is 11.8 Å². The number of primary amides is 1. The lowest BCUT2D eigenvalue weighted by Crippen LogP contribution is -2.21. The Kier molecular flexibility index (Phi) is 2.05. The van der Waals surface area contributed by atoms with Crippen molar-refractivity contribution < 1.29 is 9.59 Å². The van der Waals surface area contributed by atoms with Gasteiger partial charge in [0.15, 0.2) is 0 Å². The molecule has 0 aliphatic heterocycles. The van der Waals surface area contributed by atoms with E-state index >= 15 is 0 Å². The van der Waals surface area contributed by atoms with Crippen LogP contribution in [-0.2, 0) is 9.59 Å². The fourth-order valence-corrected chi connectivity index (χ4v) is 0.0671. The van der Waals surface area contributed by atoms with Crippen LogP contribution >= 0.6 is 0 Å². The van der Waals surface area contributed by atoms with Crippen molar-refractivity contribution in [2.24, 2.45) is 11.7 Å². The zero-order chi connectivity index (χ0) is 5.86. The third-order valence-electron chi connectivity index (χ3n) is 0.653. The summed E-state index contributed by atoms with van der Waals surface area (Å²) in [4.78, 5) is 19.6. The smallest absolute Gasteiger partial charge is 0.227 e. The summed E-state index contributed by atoms with van der Waals surface area (Å²) < 4.78 is 0. The number of carbonyl (C=O) groups excluding carboxylic acids is 2. The van der Waals surface area contributed by atoms with Gasteiger partial charge in [-0.1, -0.05) is 0 Å². The second-order valence-corrected chi connectivity index (χ2v) is 1.33. The van der Waals surface area contributed by atoms with E-state index in [1.54, 1.807) is 0 Å². The molecule has 0 aromatic heterocycles. The van der Waals surface area contributed by atoms with Crippen LogP contribution in [0.3, 0.4) is 0 Å². The van der Waals surface area contributed by atoms with Gasteiger partial charge in [0, 0.05) is 0 Å². The Morgan fingerprint density at radius 3 is 2.29 bits per heavy atom. The fraction of sp³-hybridized carbons (Fsp3) is 0.500. The van der Waals surface area contributed by atoms with Gasteiger partial charge in [0.2, 0.25) is 5.91 Å². The van der Waals surface area contributed by atoms with Crippen molar-refractivity contribution in [3.8, 4) is 0 Å². The molecule has 0 fully saturated rings. The molecule has 0 saturated carbocycles. The van der Waals surface area contributed by atoms with Gasteiger partial charge in [-0.3, -0.25) is 4.79 Å². The lowest BCUT2D eigenvalue weighted by atomic mass is 10.2. The van der Waals surface area contributed by atoms with Gasteiger partial charge in [-0.15, -0.1) is 0 Å². The molecule has 0 rings (SSSR count). The maximum absolute atomic E-state index is 9.92. The van der Waals surface area contributed by atoms with E-state index in [0.29, 0.717) is 6.29 Å². The molecule has 0 aromatic carbocycles. The van der Waals surface area contributed by atoms with Crippen LogP contribution in [0.2, 0.25) is 0 Å². The molecule has 0 aliphatic rings. The lowest BCUT2D eigenvalue weighted by molar-refractivity contribution is -0.125. The summed E-state index contributed by atoms with van der Waals surface area (Å²) in [6, 6.07) is 0. The Morgan fingerprint density at radius 2 is 2.29 bits per heavy atom. The second kappa shape index (κ2) is 2.34. The molecule has 0 aromatic rings.